The van der Waals surface area contributed by atoms with Gasteiger partial charge in [-0.2, -0.15) is 5.11 Å². The summed E-state index contributed by atoms with van der Waals surface area (Å²) < 4.78 is 0. The van der Waals surface area contributed by atoms with Gasteiger partial charge in [-0.05, 0) is 35.7 Å². The highest BCUT2D eigenvalue weighted by Gasteiger charge is 2.06. The normalized spacial score (nSPS) is 11.1. The number of anilines is 1. The fourth-order valence-corrected chi connectivity index (χ4v) is 2.98. The third-order valence-electron chi connectivity index (χ3n) is 4.46. The number of quaternary nitrogens is 1. The number of nitrogens with two attached hydrogens (primary N) is 1. The number of phenols is 1. The first kappa shape index (κ1) is 17.7. The highest BCUT2D eigenvalue weighted by Crippen LogP contribution is 2.35. The highest BCUT2D eigenvalue weighted by molar-refractivity contribution is 5.95. The Hall–Kier alpha value is -3.70. The van der Waals surface area contributed by atoms with Crippen LogP contribution in [-0.2, 0) is 0 Å². The van der Waals surface area contributed by atoms with Gasteiger partial charge in [-0.3, -0.25) is 5.32 Å². The molecule has 0 aliphatic heterocycles. The third kappa shape index (κ3) is 4.16. The fraction of sp³-hybridized carbons (Fsp3) is 0.0435. The van der Waals surface area contributed by atoms with E-state index in [4.69, 9.17) is 0 Å². The van der Waals surface area contributed by atoms with E-state index in [2.05, 4.69) is 20.9 Å². The van der Waals surface area contributed by atoms with Crippen molar-refractivity contribution < 1.29 is 10.4 Å². The highest BCUT2D eigenvalue weighted by atomic mass is 16.3. The van der Waals surface area contributed by atoms with E-state index in [1.807, 2.05) is 84.9 Å². The second-order valence-electron chi connectivity index (χ2n) is 6.40. The monoisotopic (exact) mass is 369 g/mol. The van der Waals surface area contributed by atoms with Gasteiger partial charge in [0.15, 0.2) is 6.67 Å². The molecule has 0 heterocycles. The quantitative estimate of drug-likeness (QED) is 0.247. The molecule has 0 fully saturated rings. The molecular weight excluding hydrogens is 348 g/mol. The molecule has 28 heavy (non-hydrogen) atoms. The molecule has 4 N–H and O–H groups in total. The molecule has 4 aromatic carbocycles. The predicted molar refractivity (Wildman–Crippen MR) is 113 cm³/mol. The van der Waals surface area contributed by atoms with E-state index in [1.54, 1.807) is 6.07 Å². The van der Waals surface area contributed by atoms with Crippen molar-refractivity contribution in [1.82, 2.24) is 0 Å². The molecule has 0 aromatic heterocycles. The molecule has 0 unspecified atom stereocenters. The molecule has 4 rings (SSSR count). The van der Waals surface area contributed by atoms with Crippen LogP contribution in [-0.4, -0.2) is 11.8 Å². The first-order chi connectivity index (χ1) is 13.8. The lowest BCUT2D eigenvalue weighted by Crippen LogP contribution is -2.79. The van der Waals surface area contributed by atoms with Crippen LogP contribution in [0.4, 0.5) is 22.7 Å². The van der Waals surface area contributed by atoms with E-state index in [0.29, 0.717) is 5.69 Å². The van der Waals surface area contributed by atoms with Crippen molar-refractivity contribution in [3.63, 3.8) is 0 Å². The van der Waals surface area contributed by atoms with Crippen molar-refractivity contribution in [2.75, 3.05) is 12.0 Å². The van der Waals surface area contributed by atoms with E-state index in [1.165, 1.54) is 0 Å². The number of phenolic OH excluding ortho intramolecular Hbond substituents is 1. The van der Waals surface area contributed by atoms with E-state index in [-0.39, 0.29) is 5.75 Å². The lowest BCUT2D eigenvalue weighted by atomic mass is 10.1. The first-order valence-electron chi connectivity index (χ1n) is 9.14. The molecule has 0 radical (unpaired) electrons. The number of hydrogen-bond acceptors (Lipinski definition) is 4. The Morgan fingerprint density at radius 1 is 0.750 bits per heavy atom. The summed E-state index contributed by atoms with van der Waals surface area (Å²) in [4.78, 5) is 0. The molecule has 0 spiro atoms. The van der Waals surface area contributed by atoms with Gasteiger partial charge in [-0.1, -0.05) is 48.5 Å². The van der Waals surface area contributed by atoms with Gasteiger partial charge in [0.25, 0.3) is 0 Å². The molecule has 0 aliphatic carbocycles. The van der Waals surface area contributed by atoms with Gasteiger partial charge in [-0.25, -0.2) is 0 Å². The topological polar surface area (TPSA) is 73.6 Å². The van der Waals surface area contributed by atoms with Gasteiger partial charge in [0.05, 0.1) is 5.69 Å². The Kier molecular flexibility index (Phi) is 5.26. The van der Waals surface area contributed by atoms with Crippen LogP contribution in [0.25, 0.3) is 10.8 Å². The molecule has 0 atom stereocenters. The summed E-state index contributed by atoms with van der Waals surface area (Å²) in [6, 6.07) is 29.3. The smallest absolute Gasteiger partial charge is 0.153 e. The zero-order chi connectivity index (χ0) is 19.2. The molecule has 0 saturated heterocycles. The Bertz CT molecular complexity index is 1090. The number of para-hydroxylation sites is 1. The lowest BCUT2D eigenvalue weighted by molar-refractivity contribution is -0.565. The molecule has 0 amide bonds. The Labute approximate surface area is 163 Å². The van der Waals surface area contributed by atoms with Crippen molar-refractivity contribution in [2.45, 2.75) is 0 Å². The largest absolute Gasteiger partial charge is 0.506 e. The zero-order valence-corrected chi connectivity index (χ0v) is 15.3. The average Bonchev–Trinajstić information content (AvgIpc) is 2.75. The van der Waals surface area contributed by atoms with Crippen molar-refractivity contribution in [3.8, 4) is 5.75 Å². The van der Waals surface area contributed by atoms with Crippen LogP contribution in [0.3, 0.4) is 0 Å². The van der Waals surface area contributed by atoms with Crippen LogP contribution >= 0.6 is 0 Å². The second kappa shape index (κ2) is 8.33. The minimum atomic E-state index is 0.124. The van der Waals surface area contributed by atoms with Crippen LogP contribution in [0.5, 0.6) is 5.75 Å². The summed E-state index contributed by atoms with van der Waals surface area (Å²) >= 11 is 0. The number of nitrogens with one attached hydrogen (secondary N) is 1. The third-order valence-corrected chi connectivity index (χ3v) is 4.46. The standard InChI is InChI=1S/C23H20N4O/c28-22-15-10-17-6-4-5-9-21(17)23(22)27-26-20-13-11-19(12-14-20)25-16-24-18-7-2-1-3-8-18/h1-15,24-25,28H,16H2/p+1. The van der Waals surface area contributed by atoms with Crippen molar-refractivity contribution in [1.29, 1.82) is 0 Å². The van der Waals surface area contributed by atoms with E-state index in [0.717, 1.165) is 34.5 Å². The fourth-order valence-electron chi connectivity index (χ4n) is 2.98. The van der Waals surface area contributed by atoms with Crippen LogP contribution in [0.15, 0.2) is 101 Å². The number of rotatable bonds is 6. The van der Waals surface area contributed by atoms with Crippen molar-refractivity contribution in [2.24, 2.45) is 10.2 Å². The van der Waals surface area contributed by atoms with Crippen LogP contribution in [0.1, 0.15) is 0 Å². The number of hydrogen-bond donors (Lipinski definition) is 3. The summed E-state index contributed by atoms with van der Waals surface area (Å²) in [5, 5.41) is 26.1. The minimum absolute atomic E-state index is 0.124. The number of fused-ring (bicyclic) bond motifs is 1. The van der Waals surface area contributed by atoms with Gasteiger partial charge in [-0.15, -0.1) is 5.11 Å². The van der Waals surface area contributed by atoms with Crippen LogP contribution in [0, 0.1) is 0 Å². The molecule has 0 aliphatic rings. The predicted octanol–water partition coefficient (Wildman–Crippen LogP) is 5.23. The molecule has 4 aromatic rings. The van der Waals surface area contributed by atoms with E-state index < -0.39 is 0 Å². The molecule has 138 valence electrons. The summed E-state index contributed by atoms with van der Waals surface area (Å²) in [6.07, 6.45) is 0. The van der Waals surface area contributed by atoms with Crippen LogP contribution in [0.2, 0.25) is 0 Å². The van der Waals surface area contributed by atoms with Gasteiger partial charge < -0.3 is 10.4 Å². The second-order valence-corrected chi connectivity index (χ2v) is 6.40. The van der Waals surface area contributed by atoms with Gasteiger partial charge in [0.2, 0.25) is 0 Å². The molecule has 0 bridgehead atoms. The summed E-state index contributed by atoms with van der Waals surface area (Å²) in [7, 11) is 0. The molecule has 0 saturated carbocycles. The Morgan fingerprint density at radius 2 is 1.50 bits per heavy atom. The van der Waals surface area contributed by atoms with Gasteiger partial charge in [0, 0.05) is 23.2 Å². The Morgan fingerprint density at radius 3 is 2.32 bits per heavy atom. The number of nitrogens with zero attached hydrogens (tertiary/aromatic N) is 2. The Balaban J connectivity index is 1.43. The maximum absolute atomic E-state index is 10.2. The van der Waals surface area contributed by atoms with Crippen molar-refractivity contribution in [3.05, 3.63) is 91.0 Å². The molecule has 5 nitrogen and oxygen atoms in total. The van der Waals surface area contributed by atoms with Gasteiger partial charge in [0.1, 0.15) is 17.1 Å². The minimum Gasteiger partial charge on any atom is -0.506 e. The lowest BCUT2D eigenvalue weighted by Gasteiger charge is -2.05. The van der Waals surface area contributed by atoms with Crippen LogP contribution < -0.4 is 10.6 Å². The maximum atomic E-state index is 10.2. The maximum Gasteiger partial charge on any atom is 0.153 e. The van der Waals surface area contributed by atoms with E-state index in [9.17, 15) is 5.11 Å². The molecular formula is C23H21N4O+. The summed E-state index contributed by atoms with van der Waals surface area (Å²) in [5.41, 5.74) is 3.43. The van der Waals surface area contributed by atoms with E-state index >= 15 is 0 Å². The SMILES string of the molecule is Oc1ccc2ccccc2c1N=Nc1ccc([NH2+]CNc2ccccc2)cc1. The molecule has 5 heteroatoms. The number of aromatic hydroxyl groups is 1. The van der Waals surface area contributed by atoms with Crippen molar-refractivity contribution >= 4 is 33.5 Å². The number of azo groups is 1. The zero-order valence-electron chi connectivity index (χ0n) is 15.3. The average molecular weight is 369 g/mol. The van der Waals surface area contributed by atoms with Gasteiger partial charge >= 0.3 is 0 Å². The first-order valence-corrected chi connectivity index (χ1v) is 9.14. The summed E-state index contributed by atoms with van der Waals surface area (Å²) in [6.45, 7) is 0.745. The number of benzene rings is 4. The summed E-state index contributed by atoms with van der Waals surface area (Å²) in [5.74, 6) is 0.124.